The molecule has 0 heterocycles. The minimum Gasteiger partial charge on any atom is -0.376 e. The van der Waals surface area contributed by atoms with Gasteiger partial charge in [-0.25, -0.2) is 0 Å². The highest BCUT2D eigenvalue weighted by Crippen LogP contribution is 2.24. The summed E-state index contributed by atoms with van der Waals surface area (Å²) in [6, 6.07) is 7.64. The smallest absolute Gasteiger partial charge is 0.150 e. The lowest BCUT2D eigenvalue weighted by Gasteiger charge is -2.21. The third-order valence-electron chi connectivity index (χ3n) is 3.52. The van der Waals surface area contributed by atoms with Crippen LogP contribution in [0.25, 0.3) is 0 Å². The Morgan fingerprint density at radius 2 is 1.94 bits per heavy atom. The number of rotatable bonds is 5. The number of carbonyl (C=O) groups is 1. The molecular formula is C15H20O2. The van der Waals surface area contributed by atoms with E-state index < -0.39 is 0 Å². The van der Waals surface area contributed by atoms with Gasteiger partial charge in [0.25, 0.3) is 0 Å². The molecule has 0 N–H and O–H groups in total. The average Bonchev–Trinajstić information content (AvgIpc) is 2.40. The Morgan fingerprint density at radius 3 is 2.71 bits per heavy atom. The highest BCUT2D eigenvalue weighted by atomic mass is 16.5. The van der Waals surface area contributed by atoms with Gasteiger partial charge in [0.2, 0.25) is 0 Å². The lowest BCUT2D eigenvalue weighted by Crippen LogP contribution is -2.13. The zero-order chi connectivity index (χ0) is 11.9. The average molecular weight is 232 g/mol. The second-order valence-electron chi connectivity index (χ2n) is 4.84. The molecule has 1 saturated carbocycles. The summed E-state index contributed by atoms with van der Waals surface area (Å²) in [5.74, 6) is 0.729. The van der Waals surface area contributed by atoms with Crippen molar-refractivity contribution in [2.45, 2.75) is 38.7 Å². The Bertz CT molecular complexity index is 354. The highest BCUT2D eigenvalue weighted by molar-refractivity contribution is 5.76. The summed E-state index contributed by atoms with van der Waals surface area (Å²) in [7, 11) is 0. The van der Waals surface area contributed by atoms with Crippen molar-refractivity contribution in [3.63, 3.8) is 0 Å². The molecule has 0 bridgehead atoms. The lowest BCUT2D eigenvalue weighted by atomic mass is 9.90. The summed E-state index contributed by atoms with van der Waals surface area (Å²) in [6.07, 6.45) is 7.58. The zero-order valence-electron chi connectivity index (χ0n) is 10.2. The molecule has 0 spiro atoms. The van der Waals surface area contributed by atoms with Crippen molar-refractivity contribution in [2.75, 3.05) is 6.61 Å². The van der Waals surface area contributed by atoms with Crippen LogP contribution < -0.4 is 0 Å². The molecule has 0 saturated heterocycles. The molecule has 2 heteroatoms. The molecular weight excluding hydrogens is 212 g/mol. The first-order valence-corrected chi connectivity index (χ1v) is 6.51. The quantitative estimate of drug-likeness (QED) is 0.725. The predicted octanol–water partition coefficient (Wildman–Crippen LogP) is 3.60. The summed E-state index contributed by atoms with van der Waals surface area (Å²) in [5, 5.41) is 0. The van der Waals surface area contributed by atoms with Crippen LogP contribution in [-0.2, 0) is 11.3 Å². The van der Waals surface area contributed by atoms with E-state index in [1.807, 2.05) is 24.3 Å². The normalized spacial score (nSPS) is 16.9. The van der Waals surface area contributed by atoms with Gasteiger partial charge in [-0.1, -0.05) is 43.5 Å². The molecule has 1 aromatic rings. The minimum atomic E-state index is 0.561. The molecule has 0 atom stereocenters. The largest absolute Gasteiger partial charge is 0.376 e. The Hall–Kier alpha value is -1.15. The Kier molecular flexibility index (Phi) is 4.75. The van der Waals surface area contributed by atoms with Gasteiger partial charge in [0.1, 0.15) is 6.29 Å². The highest BCUT2D eigenvalue weighted by Gasteiger charge is 2.13. The summed E-state index contributed by atoms with van der Waals surface area (Å²) in [5.41, 5.74) is 1.74. The molecule has 1 aliphatic rings. The Labute approximate surface area is 103 Å². The lowest BCUT2D eigenvalue weighted by molar-refractivity contribution is 0.0733. The van der Waals surface area contributed by atoms with Gasteiger partial charge >= 0.3 is 0 Å². The minimum absolute atomic E-state index is 0.561. The van der Waals surface area contributed by atoms with E-state index in [1.54, 1.807) is 0 Å². The monoisotopic (exact) mass is 232 g/mol. The van der Waals surface area contributed by atoms with Crippen LogP contribution in [0.15, 0.2) is 24.3 Å². The molecule has 0 unspecified atom stereocenters. The van der Waals surface area contributed by atoms with Crippen LogP contribution in [0.5, 0.6) is 0 Å². The van der Waals surface area contributed by atoms with Crippen LogP contribution in [0.3, 0.4) is 0 Å². The fourth-order valence-electron chi connectivity index (χ4n) is 2.47. The van der Waals surface area contributed by atoms with Crippen LogP contribution in [0, 0.1) is 5.92 Å². The van der Waals surface area contributed by atoms with E-state index in [2.05, 4.69) is 0 Å². The van der Waals surface area contributed by atoms with Crippen LogP contribution in [0.4, 0.5) is 0 Å². The zero-order valence-corrected chi connectivity index (χ0v) is 10.2. The van der Waals surface area contributed by atoms with Gasteiger partial charge in [-0.15, -0.1) is 0 Å². The van der Waals surface area contributed by atoms with E-state index in [1.165, 1.54) is 32.1 Å². The summed E-state index contributed by atoms with van der Waals surface area (Å²) in [6.45, 7) is 1.40. The number of hydrogen-bond acceptors (Lipinski definition) is 2. The van der Waals surface area contributed by atoms with Crippen LogP contribution in [0.2, 0.25) is 0 Å². The van der Waals surface area contributed by atoms with Crippen LogP contribution in [-0.4, -0.2) is 12.9 Å². The van der Waals surface area contributed by atoms with Crippen LogP contribution in [0.1, 0.15) is 48.0 Å². The number of carbonyl (C=O) groups excluding carboxylic acids is 1. The van der Waals surface area contributed by atoms with Gasteiger partial charge in [-0.05, 0) is 24.3 Å². The molecule has 92 valence electrons. The van der Waals surface area contributed by atoms with Gasteiger partial charge < -0.3 is 4.74 Å². The van der Waals surface area contributed by atoms with Gasteiger partial charge in [-0.2, -0.15) is 0 Å². The van der Waals surface area contributed by atoms with Crippen molar-refractivity contribution in [2.24, 2.45) is 5.92 Å². The number of hydrogen-bond donors (Lipinski definition) is 0. The third-order valence-corrected chi connectivity index (χ3v) is 3.52. The molecule has 2 nitrogen and oxygen atoms in total. The van der Waals surface area contributed by atoms with E-state index in [-0.39, 0.29) is 0 Å². The number of aldehydes is 1. The second kappa shape index (κ2) is 6.55. The fourth-order valence-corrected chi connectivity index (χ4v) is 2.47. The van der Waals surface area contributed by atoms with E-state index in [0.29, 0.717) is 6.61 Å². The van der Waals surface area contributed by atoms with E-state index in [9.17, 15) is 4.79 Å². The molecule has 0 radical (unpaired) electrons. The van der Waals surface area contributed by atoms with Crippen molar-refractivity contribution < 1.29 is 9.53 Å². The van der Waals surface area contributed by atoms with Crippen molar-refractivity contribution >= 4 is 6.29 Å². The SMILES string of the molecule is O=Cc1ccccc1COCC1CCCCC1. The van der Waals surface area contributed by atoms with Gasteiger partial charge in [0, 0.05) is 12.2 Å². The Morgan fingerprint density at radius 1 is 1.18 bits per heavy atom. The molecule has 0 aliphatic heterocycles. The third kappa shape index (κ3) is 3.67. The first-order valence-electron chi connectivity index (χ1n) is 6.51. The summed E-state index contributed by atoms with van der Waals surface area (Å²) in [4.78, 5) is 10.8. The van der Waals surface area contributed by atoms with Crippen molar-refractivity contribution in [3.8, 4) is 0 Å². The van der Waals surface area contributed by atoms with E-state index in [0.717, 1.165) is 29.9 Å². The first-order chi connectivity index (χ1) is 8.40. The van der Waals surface area contributed by atoms with Gasteiger partial charge in [-0.3, -0.25) is 4.79 Å². The number of benzene rings is 1. The van der Waals surface area contributed by atoms with E-state index in [4.69, 9.17) is 4.74 Å². The molecule has 17 heavy (non-hydrogen) atoms. The van der Waals surface area contributed by atoms with Crippen LogP contribution >= 0.6 is 0 Å². The molecule has 1 aromatic carbocycles. The maximum absolute atomic E-state index is 10.8. The standard InChI is InChI=1S/C15H20O2/c16-10-14-8-4-5-9-15(14)12-17-11-13-6-2-1-3-7-13/h4-5,8-10,13H,1-3,6-7,11-12H2. The summed E-state index contributed by atoms with van der Waals surface area (Å²) < 4.78 is 5.74. The molecule has 0 aromatic heterocycles. The maximum Gasteiger partial charge on any atom is 0.150 e. The van der Waals surface area contributed by atoms with Gasteiger partial charge in [0.05, 0.1) is 6.61 Å². The summed E-state index contributed by atoms with van der Waals surface area (Å²) >= 11 is 0. The number of ether oxygens (including phenoxy) is 1. The molecule has 0 amide bonds. The fraction of sp³-hybridized carbons (Fsp3) is 0.533. The van der Waals surface area contributed by atoms with E-state index >= 15 is 0 Å². The van der Waals surface area contributed by atoms with Crippen molar-refractivity contribution in [3.05, 3.63) is 35.4 Å². The molecule has 2 rings (SSSR count). The first kappa shape index (κ1) is 12.3. The second-order valence-corrected chi connectivity index (χ2v) is 4.84. The van der Waals surface area contributed by atoms with Crippen molar-refractivity contribution in [1.29, 1.82) is 0 Å². The predicted molar refractivity (Wildman–Crippen MR) is 68.1 cm³/mol. The molecule has 1 aliphatic carbocycles. The topological polar surface area (TPSA) is 26.3 Å². The van der Waals surface area contributed by atoms with Crippen molar-refractivity contribution in [1.82, 2.24) is 0 Å². The molecule has 1 fully saturated rings. The Balaban J connectivity index is 1.79. The van der Waals surface area contributed by atoms with Gasteiger partial charge in [0.15, 0.2) is 0 Å². The maximum atomic E-state index is 10.8.